The first-order valence-electron chi connectivity index (χ1n) is 8.10. The fraction of sp³-hybridized carbons (Fsp3) is 0. The molecule has 3 N–H and O–H groups in total. The molecule has 0 fully saturated rings. The number of anilines is 1. The Hall–Kier alpha value is -3.50. The fourth-order valence-electron chi connectivity index (χ4n) is 2.24. The van der Waals surface area contributed by atoms with E-state index in [2.05, 4.69) is 25.5 Å². The first-order chi connectivity index (χ1) is 13.8. The lowest BCUT2D eigenvalue weighted by atomic mass is 10.2. The number of nitrogens with zero attached hydrogens (tertiary/aromatic N) is 2. The molecule has 1 heterocycles. The van der Waals surface area contributed by atoms with Crippen molar-refractivity contribution in [3.63, 3.8) is 0 Å². The van der Waals surface area contributed by atoms with Crippen molar-refractivity contribution >= 4 is 39.1 Å². The number of benzene rings is 2. The third-order valence-electron chi connectivity index (χ3n) is 3.57. The van der Waals surface area contributed by atoms with E-state index in [9.17, 15) is 18.0 Å². The van der Waals surface area contributed by atoms with Crippen molar-refractivity contribution in [1.29, 1.82) is 0 Å². The molecule has 9 nitrogen and oxygen atoms in total. The quantitative estimate of drug-likeness (QED) is 0.530. The second kappa shape index (κ2) is 8.67. The average molecular weight is 432 g/mol. The number of sulfonamides is 1. The Kier molecular flexibility index (Phi) is 6.05. The van der Waals surface area contributed by atoms with E-state index in [-0.39, 0.29) is 21.8 Å². The zero-order valence-electron chi connectivity index (χ0n) is 14.7. The third-order valence-corrected chi connectivity index (χ3v) is 5.18. The molecule has 0 saturated heterocycles. The van der Waals surface area contributed by atoms with E-state index in [4.69, 9.17) is 11.6 Å². The number of amides is 2. The summed E-state index contributed by atoms with van der Waals surface area (Å²) in [6, 6.07) is 11.5. The molecule has 0 aliphatic rings. The Labute approximate surface area is 171 Å². The van der Waals surface area contributed by atoms with Crippen molar-refractivity contribution in [1.82, 2.24) is 20.8 Å². The van der Waals surface area contributed by atoms with E-state index in [1.165, 1.54) is 48.9 Å². The fourth-order valence-corrected chi connectivity index (χ4v) is 3.52. The summed E-state index contributed by atoms with van der Waals surface area (Å²) in [5.74, 6) is -1.38. The SMILES string of the molecule is O=C(NNC(=O)c1cnccn1)c1cccc(S(=O)(=O)Nc2cccc(Cl)c2)c1. The monoisotopic (exact) mass is 431 g/mol. The largest absolute Gasteiger partial charge is 0.289 e. The zero-order valence-corrected chi connectivity index (χ0v) is 16.2. The molecule has 2 amide bonds. The molecule has 148 valence electrons. The molecule has 0 aliphatic heterocycles. The highest BCUT2D eigenvalue weighted by molar-refractivity contribution is 7.92. The van der Waals surface area contributed by atoms with Crippen LogP contribution in [0.1, 0.15) is 20.8 Å². The van der Waals surface area contributed by atoms with Crippen LogP contribution in [0, 0.1) is 0 Å². The van der Waals surface area contributed by atoms with Gasteiger partial charge in [-0.3, -0.25) is 30.1 Å². The van der Waals surface area contributed by atoms with Gasteiger partial charge in [0.1, 0.15) is 5.69 Å². The van der Waals surface area contributed by atoms with Crippen molar-refractivity contribution in [3.05, 3.63) is 83.4 Å². The zero-order chi connectivity index (χ0) is 20.9. The van der Waals surface area contributed by atoms with E-state index in [0.717, 1.165) is 0 Å². The van der Waals surface area contributed by atoms with Gasteiger partial charge in [-0.25, -0.2) is 13.4 Å². The van der Waals surface area contributed by atoms with Crippen LogP contribution in [0.15, 0.2) is 72.0 Å². The van der Waals surface area contributed by atoms with Gasteiger partial charge in [0.05, 0.1) is 16.8 Å². The third kappa shape index (κ3) is 5.27. The first-order valence-corrected chi connectivity index (χ1v) is 9.96. The van der Waals surface area contributed by atoms with Crippen LogP contribution in [0.2, 0.25) is 5.02 Å². The predicted octanol–water partition coefficient (Wildman–Crippen LogP) is 2.01. The number of halogens is 1. The van der Waals surface area contributed by atoms with Crippen molar-refractivity contribution in [2.24, 2.45) is 0 Å². The van der Waals surface area contributed by atoms with E-state index in [0.29, 0.717) is 5.02 Å². The smallest absolute Gasteiger partial charge is 0.280 e. The van der Waals surface area contributed by atoms with Gasteiger partial charge >= 0.3 is 0 Å². The molecule has 3 aromatic rings. The van der Waals surface area contributed by atoms with Gasteiger partial charge in [-0.1, -0.05) is 23.7 Å². The number of hydrogen-bond donors (Lipinski definition) is 3. The molecule has 0 spiro atoms. The van der Waals surface area contributed by atoms with Gasteiger partial charge in [-0.15, -0.1) is 0 Å². The normalized spacial score (nSPS) is 10.8. The molecule has 3 rings (SSSR count). The maximum atomic E-state index is 12.6. The summed E-state index contributed by atoms with van der Waals surface area (Å²) in [6.45, 7) is 0. The number of hydrazine groups is 1. The molecule has 11 heteroatoms. The average Bonchev–Trinajstić information content (AvgIpc) is 2.72. The molecule has 0 saturated carbocycles. The Morgan fingerprint density at radius 1 is 0.931 bits per heavy atom. The van der Waals surface area contributed by atoms with Crippen LogP contribution in [0.25, 0.3) is 0 Å². The van der Waals surface area contributed by atoms with Crippen LogP contribution < -0.4 is 15.6 Å². The van der Waals surface area contributed by atoms with E-state index in [1.54, 1.807) is 18.2 Å². The maximum Gasteiger partial charge on any atom is 0.289 e. The lowest BCUT2D eigenvalue weighted by Crippen LogP contribution is -2.42. The number of aromatic nitrogens is 2. The predicted molar refractivity (Wildman–Crippen MR) is 106 cm³/mol. The minimum atomic E-state index is -3.95. The summed E-state index contributed by atoms with van der Waals surface area (Å²) < 4.78 is 27.5. The molecule has 2 aromatic carbocycles. The molecule has 0 unspecified atom stereocenters. The summed E-state index contributed by atoms with van der Waals surface area (Å²) in [7, 11) is -3.95. The van der Waals surface area contributed by atoms with Crippen molar-refractivity contribution in [3.8, 4) is 0 Å². The number of rotatable bonds is 5. The molecule has 0 aliphatic carbocycles. The standard InChI is InChI=1S/C18H14ClN5O4S/c19-13-4-2-5-14(10-13)24-29(27,28)15-6-1-3-12(9-15)17(25)22-23-18(26)16-11-20-7-8-21-16/h1-11,24H,(H,22,25)(H,23,26). The minimum Gasteiger partial charge on any atom is -0.280 e. The Morgan fingerprint density at radius 2 is 1.69 bits per heavy atom. The second-order valence-corrected chi connectivity index (χ2v) is 7.76. The topological polar surface area (TPSA) is 130 Å². The molecule has 1 aromatic heterocycles. The van der Waals surface area contributed by atoms with Gasteiger partial charge in [0.2, 0.25) is 0 Å². The summed E-state index contributed by atoms with van der Waals surface area (Å²) in [5.41, 5.74) is 4.69. The van der Waals surface area contributed by atoms with Gasteiger partial charge in [0.25, 0.3) is 21.8 Å². The highest BCUT2D eigenvalue weighted by Crippen LogP contribution is 2.20. The van der Waals surface area contributed by atoms with E-state index in [1.807, 2.05) is 0 Å². The molecular weight excluding hydrogens is 418 g/mol. The molecule has 0 atom stereocenters. The summed E-state index contributed by atoms with van der Waals surface area (Å²) in [4.78, 5) is 31.6. The van der Waals surface area contributed by atoms with Crippen LogP contribution in [-0.4, -0.2) is 30.2 Å². The number of carbonyl (C=O) groups is 2. The van der Waals surface area contributed by atoms with Gasteiger partial charge in [0.15, 0.2) is 0 Å². The minimum absolute atomic E-state index is 0.00912. The highest BCUT2D eigenvalue weighted by atomic mass is 35.5. The summed E-state index contributed by atoms with van der Waals surface area (Å²) in [5, 5.41) is 0.372. The van der Waals surface area contributed by atoms with Gasteiger partial charge < -0.3 is 0 Å². The van der Waals surface area contributed by atoms with Crippen molar-refractivity contribution in [2.75, 3.05) is 4.72 Å². The number of nitrogens with one attached hydrogen (secondary N) is 3. The number of carbonyl (C=O) groups excluding carboxylic acids is 2. The molecule has 0 radical (unpaired) electrons. The van der Waals surface area contributed by atoms with E-state index < -0.39 is 21.8 Å². The summed E-state index contributed by atoms with van der Waals surface area (Å²) >= 11 is 5.86. The molecular formula is C18H14ClN5O4S. The first kappa shape index (κ1) is 20.2. The van der Waals surface area contributed by atoms with Gasteiger partial charge in [-0.05, 0) is 36.4 Å². The van der Waals surface area contributed by atoms with Crippen LogP contribution in [-0.2, 0) is 10.0 Å². The van der Waals surface area contributed by atoms with Crippen LogP contribution in [0.5, 0.6) is 0 Å². The highest BCUT2D eigenvalue weighted by Gasteiger charge is 2.17. The van der Waals surface area contributed by atoms with E-state index >= 15 is 0 Å². The number of hydrogen-bond acceptors (Lipinski definition) is 6. The van der Waals surface area contributed by atoms with Gasteiger partial charge in [0, 0.05) is 23.0 Å². The molecule has 0 bridgehead atoms. The van der Waals surface area contributed by atoms with Crippen LogP contribution in [0.3, 0.4) is 0 Å². The second-order valence-electron chi connectivity index (χ2n) is 5.64. The van der Waals surface area contributed by atoms with Crippen molar-refractivity contribution < 1.29 is 18.0 Å². The van der Waals surface area contributed by atoms with Gasteiger partial charge in [-0.2, -0.15) is 0 Å². The van der Waals surface area contributed by atoms with Crippen LogP contribution in [0.4, 0.5) is 5.69 Å². The Morgan fingerprint density at radius 3 is 2.41 bits per heavy atom. The maximum absolute atomic E-state index is 12.6. The van der Waals surface area contributed by atoms with Crippen LogP contribution >= 0.6 is 11.6 Å². The lowest BCUT2D eigenvalue weighted by Gasteiger charge is -2.10. The molecule has 29 heavy (non-hydrogen) atoms. The summed E-state index contributed by atoms with van der Waals surface area (Å²) in [6.07, 6.45) is 3.97. The Balaban J connectivity index is 1.71. The lowest BCUT2D eigenvalue weighted by molar-refractivity contribution is 0.0843. The Bertz CT molecular complexity index is 1160. The van der Waals surface area contributed by atoms with Crippen molar-refractivity contribution in [2.45, 2.75) is 4.90 Å².